The molecule has 1 atom stereocenters. The topological polar surface area (TPSA) is 66.8 Å². The molecule has 0 heterocycles. The minimum Gasteiger partial charge on any atom is -0.507 e. The van der Waals surface area contributed by atoms with E-state index in [2.05, 4.69) is 126 Å². The van der Waals surface area contributed by atoms with Gasteiger partial charge in [-0.1, -0.05) is 132 Å². The highest BCUT2D eigenvalue weighted by Gasteiger charge is 2.36. The van der Waals surface area contributed by atoms with Crippen LogP contribution >= 0.6 is 0 Å². The number of ether oxygens (including phenoxy) is 1. The number of benzene rings is 3. The summed E-state index contributed by atoms with van der Waals surface area (Å²) in [4.78, 5) is 12.5. The lowest BCUT2D eigenvalue weighted by molar-refractivity contribution is -0.140. The molecule has 3 aromatic rings. The smallest absolute Gasteiger partial charge is 0.305 e. The van der Waals surface area contributed by atoms with Crippen LogP contribution in [-0.4, -0.2) is 23.3 Å². The zero-order valence-electron chi connectivity index (χ0n) is 29.5. The van der Waals surface area contributed by atoms with Crippen molar-refractivity contribution in [2.45, 2.75) is 130 Å². The summed E-state index contributed by atoms with van der Waals surface area (Å²) in [5.74, 6) is 0.265. The van der Waals surface area contributed by atoms with E-state index in [0.29, 0.717) is 24.3 Å². The number of rotatable bonds is 7. The number of aromatic hydroxyl groups is 2. The Hall–Kier alpha value is -3.27. The van der Waals surface area contributed by atoms with E-state index in [1.165, 1.54) is 12.7 Å². The van der Waals surface area contributed by atoms with Gasteiger partial charge in [-0.2, -0.15) is 0 Å². The van der Waals surface area contributed by atoms with Crippen molar-refractivity contribution >= 4 is 5.97 Å². The van der Waals surface area contributed by atoms with Crippen molar-refractivity contribution in [1.82, 2.24) is 0 Å². The number of esters is 1. The molecule has 1 unspecified atom stereocenters. The maximum Gasteiger partial charge on any atom is 0.305 e. The summed E-state index contributed by atoms with van der Waals surface area (Å²) in [5.41, 5.74) is 6.67. The fraction of sp³-hybridized carbons (Fsp3) is 0.525. The van der Waals surface area contributed by atoms with Crippen molar-refractivity contribution in [2.75, 3.05) is 7.11 Å². The van der Waals surface area contributed by atoms with Gasteiger partial charge in [0.2, 0.25) is 0 Å². The molecule has 0 saturated heterocycles. The lowest BCUT2D eigenvalue weighted by Gasteiger charge is -2.36. The maximum atomic E-state index is 12.5. The molecule has 0 fully saturated rings. The highest BCUT2D eigenvalue weighted by molar-refractivity contribution is 5.70. The van der Waals surface area contributed by atoms with E-state index in [-0.39, 0.29) is 34.6 Å². The first-order valence-corrected chi connectivity index (χ1v) is 16.0. The minimum atomic E-state index is -0.397. The highest BCUT2D eigenvalue weighted by atomic mass is 16.5. The second kappa shape index (κ2) is 12.6. The zero-order chi connectivity index (χ0) is 33.4. The van der Waals surface area contributed by atoms with Crippen LogP contribution in [0.4, 0.5) is 0 Å². The van der Waals surface area contributed by atoms with E-state index >= 15 is 0 Å². The summed E-state index contributed by atoms with van der Waals surface area (Å²) in [6.45, 7) is 25.6. The normalized spacial score (nSPS) is 13.6. The Morgan fingerprint density at radius 3 is 1.61 bits per heavy atom. The van der Waals surface area contributed by atoms with E-state index in [1.807, 2.05) is 6.07 Å². The second-order valence-electron chi connectivity index (χ2n) is 16.5. The summed E-state index contributed by atoms with van der Waals surface area (Å²) in [5, 5.41) is 23.7. The third-order valence-corrected chi connectivity index (χ3v) is 8.59. The lowest BCUT2D eigenvalue weighted by Crippen LogP contribution is -2.24. The molecule has 0 radical (unpaired) electrons. The van der Waals surface area contributed by atoms with Crippen LogP contribution in [0.5, 0.6) is 11.5 Å². The van der Waals surface area contributed by atoms with Crippen LogP contribution in [0.1, 0.15) is 140 Å². The Morgan fingerprint density at radius 2 is 1.18 bits per heavy atom. The fourth-order valence-electron chi connectivity index (χ4n) is 6.26. The molecule has 4 heteroatoms. The molecule has 4 nitrogen and oxygen atoms in total. The van der Waals surface area contributed by atoms with Gasteiger partial charge >= 0.3 is 5.97 Å². The van der Waals surface area contributed by atoms with E-state index in [4.69, 9.17) is 4.74 Å². The molecular weight excluding hydrogens is 544 g/mol. The summed E-state index contributed by atoms with van der Waals surface area (Å²) < 4.78 is 5.07. The average molecular weight is 601 g/mol. The highest BCUT2D eigenvalue weighted by Crippen LogP contribution is 2.49. The molecule has 0 spiro atoms. The van der Waals surface area contributed by atoms with Gasteiger partial charge in [0.15, 0.2) is 0 Å². The molecule has 0 aliphatic heterocycles. The number of aryl methyl sites for hydroxylation is 1. The van der Waals surface area contributed by atoms with Crippen LogP contribution in [0, 0.1) is 0 Å². The van der Waals surface area contributed by atoms with Gasteiger partial charge in [0.25, 0.3) is 0 Å². The molecule has 0 bridgehead atoms. The molecule has 0 aromatic heterocycles. The molecule has 3 rings (SSSR count). The molecule has 3 aromatic carbocycles. The maximum absolute atomic E-state index is 12.5. The first kappa shape index (κ1) is 35.2. The molecule has 2 N–H and O–H groups in total. The molecule has 0 saturated carbocycles. The molecule has 240 valence electrons. The molecular formula is C40H56O4. The third-order valence-electron chi connectivity index (χ3n) is 8.59. The Balaban J connectivity index is 2.57. The summed E-state index contributed by atoms with van der Waals surface area (Å²) in [6, 6.07) is 16.9. The fourth-order valence-corrected chi connectivity index (χ4v) is 6.26. The van der Waals surface area contributed by atoms with Crippen molar-refractivity contribution < 1.29 is 19.7 Å². The number of phenolic OH excluding ortho intramolecular Hbond substituents is 2. The molecule has 44 heavy (non-hydrogen) atoms. The van der Waals surface area contributed by atoms with E-state index in [1.54, 1.807) is 0 Å². The molecule has 0 amide bonds. The van der Waals surface area contributed by atoms with Crippen LogP contribution < -0.4 is 0 Å². The van der Waals surface area contributed by atoms with Crippen LogP contribution in [0.3, 0.4) is 0 Å². The molecule has 0 aliphatic carbocycles. The van der Waals surface area contributed by atoms with E-state index < -0.39 is 5.41 Å². The number of phenols is 2. The first-order chi connectivity index (χ1) is 20.1. The standard InChI is InChI=1S/C40H56O4/c1-37(2,3)29-23-27(24-30(35(29)42)38(4,5)6)28(21-25-17-15-14-16-18-25)33-26(19-20-32(41)44-13)22-31(39(7,8)9)36(43)34(33)40(10,11)12/h14-18,22-24,28,42-43H,19-21H2,1-13H3. The van der Waals surface area contributed by atoms with Crippen molar-refractivity contribution in [3.63, 3.8) is 0 Å². The Labute approximate surface area is 266 Å². The quantitative estimate of drug-likeness (QED) is 0.265. The van der Waals surface area contributed by atoms with Crippen LogP contribution in [-0.2, 0) is 44.0 Å². The predicted octanol–water partition coefficient (Wildman–Crippen LogP) is 9.77. The van der Waals surface area contributed by atoms with Gasteiger partial charge in [-0.15, -0.1) is 0 Å². The number of carbonyl (C=O) groups excluding carboxylic acids is 1. The van der Waals surface area contributed by atoms with Crippen LogP contribution in [0.2, 0.25) is 0 Å². The first-order valence-electron chi connectivity index (χ1n) is 16.0. The molecule has 0 aliphatic rings. The van der Waals surface area contributed by atoms with E-state index in [0.717, 1.165) is 38.9 Å². The lowest BCUT2D eigenvalue weighted by atomic mass is 9.69. The van der Waals surface area contributed by atoms with Crippen LogP contribution in [0.15, 0.2) is 48.5 Å². The zero-order valence-corrected chi connectivity index (χ0v) is 29.5. The number of hydrogen-bond acceptors (Lipinski definition) is 4. The SMILES string of the molecule is COC(=O)CCc1cc(C(C)(C)C)c(O)c(C(C)(C)C)c1C(Cc1ccccc1)c1cc(C(C)(C)C)c(O)c(C(C)(C)C)c1. The largest absolute Gasteiger partial charge is 0.507 e. The van der Waals surface area contributed by atoms with Gasteiger partial charge < -0.3 is 14.9 Å². The summed E-state index contributed by atoms with van der Waals surface area (Å²) in [7, 11) is 1.43. The monoisotopic (exact) mass is 600 g/mol. The van der Waals surface area contributed by atoms with Crippen molar-refractivity contribution in [2.24, 2.45) is 0 Å². The predicted molar refractivity (Wildman–Crippen MR) is 183 cm³/mol. The number of hydrogen-bond donors (Lipinski definition) is 2. The van der Waals surface area contributed by atoms with Gasteiger partial charge in [-0.25, -0.2) is 0 Å². The van der Waals surface area contributed by atoms with Crippen molar-refractivity contribution in [3.05, 3.63) is 93.0 Å². The Kier molecular flexibility index (Phi) is 10.1. The Bertz CT molecular complexity index is 1430. The average Bonchev–Trinajstić information content (AvgIpc) is 2.88. The van der Waals surface area contributed by atoms with Gasteiger partial charge in [0.05, 0.1) is 7.11 Å². The summed E-state index contributed by atoms with van der Waals surface area (Å²) in [6.07, 6.45) is 1.44. The van der Waals surface area contributed by atoms with E-state index in [9.17, 15) is 15.0 Å². The van der Waals surface area contributed by atoms with Crippen LogP contribution in [0.25, 0.3) is 0 Å². The van der Waals surface area contributed by atoms with Gasteiger partial charge in [-0.05, 0) is 73.4 Å². The number of methoxy groups -OCH3 is 1. The van der Waals surface area contributed by atoms with Crippen molar-refractivity contribution in [3.8, 4) is 11.5 Å². The minimum absolute atomic E-state index is 0.151. The number of carbonyl (C=O) groups is 1. The summed E-state index contributed by atoms with van der Waals surface area (Å²) >= 11 is 0. The van der Waals surface area contributed by atoms with Gasteiger partial charge in [0, 0.05) is 17.9 Å². The van der Waals surface area contributed by atoms with Gasteiger partial charge in [-0.3, -0.25) is 4.79 Å². The third kappa shape index (κ3) is 7.86. The Morgan fingerprint density at radius 1 is 0.705 bits per heavy atom. The van der Waals surface area contributed by atoms with Gasteiger partial charge in [0.1, 0.15) is 11.5 Å². The van der Waals surface area contributed by atoms with Crippen molar-refractivity contribution in [1.29, 1.82) is 0 Å². The second-order valence-corrected chi connectivity index (χ2v) is 16.5.